The van der Waals surface area contributed by atoms with Gasteiger partial charge in [0.05, 0.1) is 6.01 Å². The molecule has 0 heterocycles. The first-order valence-electron chi connectivity index (χ1n) is 5.09. The van der Waals surface area contributed by atoms with Crippen LogP contribution in [-0.2, 0) is 0 Å². The van der Waals surface area contributed by atoms with Gasteiger partial charge in [0.25, 0.3) is 0 Å². The van der Waals surface area contributed by atoms with E-state index in [-0.39, 0.29) is 5.66 Å². The third-order valence-electron chi connectivity index (χ3n) is 2.75. The fraction of sp³-hybridized carbons (Fsp3) is 0.900. The first-order chi connectivity index (χ1) is 6.20. The Bertz CT molecular complexity index is 175. The highest BCUT2D eigenvalue weighted by molar-refractivity contribution is 5.37. The Morgan fingerprint density at radius 3 is 1.85 bits per heavy atom. The topological polar surface area (TPSA) is 39.5 Å². The lowest BCUT2D eigenvalue weighted by Gasteiger charge is -2.37. The van der Waals surface area contributed by atoms with E-state index >= 15 is 0 Å². The van der Waals surface area contributed by atoms with Crippen molar-refractivity contribution in [2.24, 2.45) is 4.99 Å². The fourth-order valence-corrected chi connectivity index (χ4v) is 1.84. The van der Waals surface area contributed by atoms with Crippen LogP contribution in [0.2, 0.25) is 0 Å². The second-order valence-corrected chi connectivity index (χ2v) is 3.09. The number of rotatable bonds is 6. The molecule has 0 radical (unpaired) electrons. The van der Waals surface area contributed by atoms with E-state index < -0.39 is 0 Å². The number of hydrogen-bond acceptors (Lipinski definition) is 3. The van der Waals surface area contributed by atoms with Crippen molar-refractivity contribution < 1.29 is 0 Å². The van der Waals surface area contributed by atoms with Crippen LogP contribution >= 0.6 is 0 Å². The van der Waals surface area contributed by atoms with E-state index in [1.807, 2.05) is 0 Å². The van der Waals surface area contributed by atoms with Gasteiger partial charge in [0, 0.05) is 0 Å². The zero-order chi connectivity index (χ0) is 10.3. The molecule has 0 rings (SSSR count). The molecule has 0 atom stereocenters. The minimum atomic E-state index is -0.189. The molecule has 0 saturated heterocycles. The van der Waals surface area contributed by atoms with Crippen molar-refractivity contribution in [1.29, 1.82) is 5.41 Å². The zero-order valence-electron chi connectivity index (χ0n) is 9.22. The van der Waals surface area contributed by atoms with Gasteiger partial charge in [0.1, 0.15) is 5.66 Å². The second-order valence-electron chi connectivity index (χ2n) is 3.09. The van der Waals surface area contributed by atoms with Gasteiger partial charge in [0.2, 0.25) is 0 Å². The van der Waals surface area contributed by atoms with E-state index in [0.29, 0.717) is 0 Å². The Labute approximate surface area is 81.4 Å². The Kier molecular flexibility index (Phi) is 5.60. The van der Waals surface area contributed by atoms with Gasteiger partial charge in [-0.15, -0.1) is 0 Å². The molecular formula is C10H21N3. The van der Waals surface area contributed by atoms with Crippen LogP contribution in [0.4, 0.5) is 0 Å². The molecule has 0 aromatic rings. The average molecular weight is 183 g/mol. The molecule has 3 nitrogen and oxygen atoms in total. The molecular weight excluding hydrogens is 162 g/mol. The third kappa shape index (κ3) is 2.64. The Morgan fingerprint density at radius 1 is 1.15 bits per heavy atom. The summed E-state index contributed by atoms with van der Waals surface area (Å²) in [4.78, 5) is 6.46. The van der Waals surface area contributed by atoms with E-state index in [2.05, 4.69) is 43.6 Å². The normalized spacial score (nSPS) is 11.5. The fourth-order valence-electron chi connectivity index (χ4n) is 1.84. The van der Waals surface area contributed by atoms with Crippen LogP contribution in [-0.4, -0.2) is 29.7 Å². The van der Waals surface area contributed by atoms with Gasteiger partial charge in [0.15, 0.2) is 0 Å². The first kappa shape index (κ1) is 12.3. The Balaban J connectivity index is 4.81. The Hall–Kier alpha value is -0.660. The molecule has 0 aliphatic heterocycles. The summed E-state index contributed by atoms with van der Waals surface area (Å²) in [6.07, 6.45) is 1.88. The molecule has 0 aromatic heterocycles. The maximum Gasteiger partial charge on any atom is 0.123 e. The van der Waals surface area contributed by atoms with Gasteiger partial charge in [-0.3, -0.25) is 4.90 Å². The molecule has 0 saturated carbocycles. The summed E-state index contributed by atoms with van der Waals surface area (Å²) < 4.78 is 0. The van der Waals surface area contributed by atoms with Gasteiger partial charge >= 0.3 is 0 Å². The van der Waals surface area contributed by atoms with Crippen LogP contribution in [0.3, 0.4) is 0 Å². The highest BCUT2D eigenvalue weighted by Gasteiger charge is 2.30. The zero-order valence-corrected chi connectivity index (χ0v) is 9.22. The van der Waals surface area contributed by atoms with Crippen molar-refractivity contribution in [2.75, 3.05) is 13.1 Å². The van der Waals surface area contributed by atoms with E-state index in [0.717, 1.165) is 25.9 Å². The lowest BCUT2D eigenvalue weighted by molar-refractivity contribution is 0.0988. The van der Waals surface area contributed by atoms with Crippen molar-refractivity contribution in [3.05, 3.63) is 0 Å². The van der Waals surface area contributed by atoms with Crippen LogP contribution in [0.25, 0.3) is 0 Å². The van der Waals surface area contributed by atoms with E-state index in [1.165, 1.54) is 0 Å². The Morgan fingerprint density at radius 2 is 1.62 bits per heavy atom. The molecule has 76 valence electrons. The quantitative estimate of drug-likeness (QED) is 0.632. The summed E-state index contributed by atoms with van der Waals surface area (Å²) in [5.41, 5.74) is -0.189. The van der Waals surface area contributed by atoms with Crippen LogP contribution in [0.15, 0.2) is 4.99 Å². The number of aliphatic imine (C=N–C) groups is 1. The molecule has 0 spiro atoms. The summed E-state index contributed by atoms with van der Waals surface area (Å²) >= 11 is 0. The molecule has 3 heteroatoms. The molecule has 0 amide bonds. The van der Waals surface area contributed by atoms with Gasteiger partial charge < -0.3 is 0 Å². The second kappa shape index (κ2) is 5.90. The van der Waals surface area contributed by atoms with Crippen molar-refractivity contribution >= 4 is 6.01 Å². The summed E-state index contributed by atoms with van der Waals surface area (Å²) in [6.45, 7) is 10.4. The third-order valence-corrected chi connectivity index (χ3v) is 2.75. The highest BCUT2D eigenvalue weighted by atomic mass is 15.3. The van der Waals surface area contributed by atoms with Crippen molar-refractivity contribution in [2.45, 2.75) is 46.2 Å². The lowest BCUT2D eigenvalue weighted by atomic mass is 10.0. The molecule has 0 aliphatic rings. The number of nitrogens with one attached hydrogen (secondary N) is 1. The summed E-state index contributed by atoms with van der Waals surface area (Å²) in [5.74, 6) is 0. The molecule has 0 fully saturated rings. The van der Waals surface area contributed by atoms with E-state index in [9.17, 15) is 0 Å². The molecule has 13 heavy (non-hydrogen) atoms. The monoisotopic (exact) mass is 183 g/mol. The minimum Gasteiger partial charge on any atom is -0.279 e. The molecule has 0 unspecified atom stereocenters. The van der Waals surface area contributed by atoms with Crippen molar-refractivity contribution in [3.8, 4) is 0 Å². The number of nitrogens with zero attached hydrogens (tertiary/aromatic N) is 2. The van der Waals surface area contributed by atoms with Crippen molar-refractivity contribution in [1.82, 2.24) is 4.90 Å². The molecule has 0 bridgehead atoms. The first-order valence-corrected chi connectivity index (χ1v) is 5.09. The maximum atomic E-state index is 6.97. The predicted molar refractivity (Wildman–Crippen MR) is 56.4 cm³/mol. The van der Waals surface area contributed by atoms with Crippen LogP contribution in [0.1, 0.15) is 40.5 Å². The SMILES string of the molecule is CCN(CC)C(CC)(CC)N=C=N. The highest BCUT2D eigenvalue weighted by Crippen LogP contribution is 2.24. The minimum absolute atomic E-state index is 0.189. The maximum absolute atomic E-state index is 6.97. The predicted octanol–water partition coefficient (Wildman–Crippen LogP) is 2.60. The van der Waals surface area contributed by atoms with Gasteiger partial charge in [-0.05, 0) is 25.9 Å². The van der Waals surface area contributed by atoms with Crippen molar-refractivity contribution in [3.63, 3.8) is 0 Å². The average Bonchev–Trinajstić information content (AvgIpc) is 2.18. The summed E-state index contributed by atoms with van der Waals surface area (Å²) in [5, 5.41) is 6.97. The van der Waals surface area contributed by atoms with Gasteiger partial charge in [-0.1, -0.05) is 27.7 Å². The smallest absolute Gasteiger partial charge is 0.123 e. The van der Waals surface area contributed by atoms with E-state index in [1.54, 1.807) is 0 Å². The molecule has 1 N–H and O–H groups in total. The van der Waals surface area contributed by atoms with Gasteiger partial charge in [-0.2, -0.15) is 0 Å². The molecule has 0 aromatic carbocycles. The summed E-state index contributed by atoms with van der Waals surface area (Å²) in [6, 6.07) is 2.19. The largest absolute Gasteiger partial charge is 0.279 e. The van der Waals surface area contributed by atoms with Crippen LogP contribution in [0.5, 0.6) is 0 Å². The van der Waals surface area contributed by atoms with Crippen LogP contribution in [0, 0.1) is 5.41 Å². The number of hydrogen-bond donors (Lipinski definition) is 1. The molecule has 0 aliphatic carbocycles. The standard InChI is InChI=1S/C10H21N3/c1-5-10(6-2,12-9-11)13(7-3)8-4/h11H,5-8H2,1-4H3. The lowest BCUT2D eigenvalue weighted by Crippen LogP contribution is -2.46. The van der Waals surface area contributed by atoms with E-state index in [4.69, 9.17) is 5.41 Å². The van der Waals surface area contributed by atoms with Gasteiger partial charge in [-0.25, -0.2) is 10.4 Å². The van der Waals surface area contributed by atoms with Crippen LogP contribution < -0.4 is 0 Å². The summed E-state index contributed by atoms with van der Waals surface area (Å²) in [7, 11) is 0.